The molecule has 0 radical (unpaired) electrons. The standard InChI is InChI=1S/C20H15F2N3O2S/c21-13-6-4-12(5-7-13)15-9-16(26)23-18-17(15)19(27)25-20(24-18)28-10-11-2-1-3-14(22)8-11/h1-8,15H,9-10H2,(H2,23,24,25,26,27). The number of anilines is 1. The third-order valence-corrected chi connectivity index (χ3v) is 5.41. The van der Waals surface area contributed by atoms with Gasteiger partial charge in [0.05, 0.1) is 5.56 Å². The molecule has 1 aromatic heterocycles. The predicted octanol–water partition coefficient (Wildman–Crippen LogP) is 3.81. The summed E-state index contributed by atoms with van der Waals surface area (Å²) >= 11 is 1.24. The lowest BCUT2D eigenvalue weighted by Gasteiger charge is -2.24. The molecule has 5 nitrogen and oxygen atoms in total. The summed E-state index contributed by atoms with van der Waals surface area (Å²) in [6.07, 6.45) is 0.0825. The summed E-state index contributed by atoms with van der Waals surface area (Å²) < 4.78 is 26.5. The second-order valence-electron chi connectivity index (χ2n) is 6.41. The number of nitrogens with one attached hydrogen (secondary N) is 2. The zero-order valence-electron chi connectivity index (χ0n) is 14.5. The highest BCUT2D eigenvalue weighted by Crippen LogP contribution is 2.34. The molecule has 1 unspecified atom stereocenters. The lowest BCUT2D eigenvalue weighted by atomic mass is 9.87. The molecule has 0 bridgehead atoms. The fraction of sp³-hybridized carbons (Fsp3) is 0.150. The van der Waals surface area contributed by atoms with Crippen molar-refractivity contribution in [3.63, 3.8) is 0 Å². The number of carbonyl (C=O) groups is 1. The second kappa shape index (κ2) is 7.55. The van der Waals surface area contributed by atoms with Crippen molar-refractivity contribution in [1.29, 1.82) is 0 Å². The van der Waals surface area contributed by atoms with Gasteiger partial charge in [0, 0.05) is 18.1 Å². The Balaban J connectivity index is 1.65. The van der Waals surface area contributed by atoms with Crippen LogP contribution in [0.2, 0.25) is 0 Å². The van der Waals surface area contributed by atoms with E-state index in [1.165, 1.54) is 36.0 Å². The number of H-pyrrole nitrogens is 1. The van der Waals surface area contributed by atoms with Gasteiger partial charge in [-0.1, -0.05) is 36.0 Å². The molecule has 0 aliphatic carbocycles. The van der Waals surface area contributed by atoms with E-state index in [-0.39, 0.29) is 35.3 Å². The normalized spacial score (nSPS) is 15.8. The topological polar surface area (TPSA) is 74.8 Å². The van der Waals surface area contributed by atoms with Gasteiger partial charge in [-0.05, 0) is 35.4 Å². The largest absolute Gasteiger partial charge is 0.310 e. The molecule has 1 aliphatic rings. The summed E-state index contributed by atoms with van der Waals surface area (Å²) in [6, 6.07) is 11.9. The first-order chi connectivity index (χ1) is 13.5. The number of hydrogen-bond donors (Lipinski definition) is 2. The van der Waals surface area contributed by atoms with Gasteiger partial charge in [-0.25, -0.2) is 13.8 Å². The predicted molar refractivity (Wildman–Crippen MR) is 102 cm³/mol. The van der Waals surface area contributed by atoms with Crippen LogP contribution in [0.5, 0.6) is 0 Å². The summed E-state index contributed by atoms with van der Waals surface area (Å²) in [5, 5.41) is 2.97. The summed E-state index contributed by atoms with van der Waals surface area (Å²) in [7, 11) is 0. The van der Waals surface area contributed by atoms with Crippen molar-refractivity contribution >= 4 is 23.5 Å². The monoisotopic (exact) mass is 399 g/mol. The Labute approximate surface area is 163 Å². The van der Waals surface area contributed by atoms with Gasteiger partial charge in [-0.15, -0.1) is 0 Å². The van der Waals surface area contributed by atoms with Gasteiger partial charge in [0.15, 0.2) is 5.16 Å². The molecule has 1 atom stereocenters. The number of aromatic amines is 1. The van der Waals surface area contributed by atoms with E-state index in [9.17, 15) is 18.4 Å². The van der Waals surface area contributed by atoms with E-state index >= 15 is 0 Å². The number of benzene rings is 2. The first kappa shape index (κ1) is 18.4. The molecule has 1 aliphatic heterocycles. The Kier molecular flexibility index (Phi) is 4.95. The van der Waals surface area contributed by atoms with Crippen molar-refractivity contribution in [1.82, 2.24) is 9.97 Å². The number of fused-ring (bicyclic) bond motifs is 1. The summed E-state index contributed by atoms with van der Waals surface area (Å²) in [5.74, 6) is -0.867. The van der Waals surface area contributed by atoms with Gasteiger partial charge >= 0.3 is 0 Å². The van der Waals surface area contributed by atoms with E-state index in [1.807, 2.05) is 0 Å². The molecule has 2 aromatic carbocycles. The summed E-state index contributed by atoms with van der Waals surface area (Å²) in [5.41, 5.74) is 1.41. The first-order valence-electron chi connectivity index (χ1n) is 8.56. The maximum Gasteiger partial charge on any atom is 0.257 e. The lowest BCUT2D eigenvalue weighted by Crippen LogP contribution is -2.31. The number of halogens is 2. The number of nitrogens with zero attached hydrogens (tertiary/aromatic N) is 1. The van der Waals surface area contributed by atoms with Crippen LogP contribution >= 0.6 is 11.8 Å². The van der Waals surface area contributed by atoms with Crippen LogP contribution in [0, 0.1) is 11.6 Å². The van der Waals surface area contributed by atoms with Gasteiger partial charge in [-0.3, -0.25) is 9.59 Å². The molecule has 0 spiro atoms. The molecule has 4 rings (SSSR count). The zero-order chi connectivity index (χ0) is 19.7. The molecule has 2 N–H and O–H groups in total. The Bertz CT molecular complexity index is 1100. The average molecular weight is 399 g/mol. The number of carbonyl (C=O) groups excluding carboxylic acids is 1. The van der Waals surface area contributed by atoms with E-state index in [0.717, 1.165) is 5.56 Å². The number of thioether (sulfide) groups is 1. The summed E-state index contributed by atoms with van der Waals surface area (Å²) in [4.78, 5) is 31.9. The molecule has 0 saturated carbocycles. The molecule has 1 amide bonds. The SMILES string of the molecule is O=C1CC(c2ccc(F)cc2)c2c(nc(SCc3cccc(F)c3)[nH]c2=O)N1. The maximum absolute atomic E-state index is 13.3. The quantitative estimate of drug-likeness (QED) is 0.517. The van der Waals surface area contributed by atoms with Crippen LogP contribution in [0.1, 0.15) is 29.0 Å². The van der Waals surface area contributed by atoms with Crippen LogP contribution < -0.4 is 10.9 Å². The van der Waals surface area contributed by atoms with Gasteiger partial charge in [0.25, 0.3) is 5.56 Å². The van der Waals surface area contributed by atoms with Crippen LogP contribution in [0.25, 0.3) is 0 Å². The van der Waals surface area contributed by atoms with Crippen molar-refractivity contribution in [3.8, 4) is 0 Å². The molecular formula is C20H15F2N3O2S. The minimum atomic E-state index is -0.497. The van der Waals surface area contributed by atoms with E-state index in [1.54, 1.807) is 24.3 Å². The lowest BCUT2D eigenvalue weighted by molar-refractivity contribution is -0.116. The average Bonchev–Trinajstić information content (AvgIpc) is 2.66. The van der Waals surface area contributed by atoms with E-state index < -0.39 is 5.92 Å². The van der Waals surface area contributed by atoms with Crippen molar-refractivity contribution in [2.75, 3.05) is 5.32 Å². The Morgan fingerprint density at radius 3 is 2.61 bits per heavy atom. The van der Waals surface area contributed by atoms with Gasteiger partial charge in [-0.2, -0.15) is 0 Å². The van der Waals surface area contributed by atoms with E-state index in [0.29, 0.717) is 22.0 Å². The van der Waals surface area contributed by atoms with Gasteiger partial charge in [0.1, 0.15) is 17.5 Å². The highest BCUT2D eigenvalue weighted by molar-refractivity contribution is 7.98. The number of amides is 1. The minimum absolute atomic E-state index is 0.0825. The van der Waals surface area contributed by atoms with Gasteiger partial charge < -0.3 is 10.3 Å². The maximum atomic E-state index is 13.3. The number of aromatic nitrogens is 2. The first-order valence-corrected chi connectivity index (χ1v) is 9.55. The van der Waals surface area contributed by atoms with Crippen LogP contribution in [0.4, 0.5) is 14.6 Å². The Morgan fingerprint density at radius 1 is 1.07 bits per heavy atom. The molecule has 3 aromatic rings. The number of rotatable bonds is 4. The third kappa shape index (κ3) is 3.82. The van der Waals surface area contributed by atoms with Crippen LogP contribution in [-0.4, -0.2) is 15.9 Å². The highest BCUT2D eigenvalue weighted by atomic mass is 32.2. The molecular weight excluding hydrogens is 384 g/mol. The fourth-order valence-corrected chi connectivity index (χ4v) is 3.98. The second-order valence-corrected chi connectivity index (χ2v) is 7.37. The van der Waals surface area contributed by atoms with E-state index in [4.69, 9.17) is 0 Å². The smallest absolute Gasteiger partial charge is 0.257 e. The van der Waals surface area contributed by atoms with Crippen molar-refractivity contribution in [2.24, 2.45) is 0 Å². The molecule has 0 fully saturated rings. The van der Waals surface area contributed by atoms with Gasteiger partial charge in [0.2, 0.25) is 5.91 Å². The van der Waals surface area contributed by atoms with Crippen LogP contribution in [-0.2, 0) is 10.5 Å². The van der Waals surface area contributed by atoms with Crippen molar-refractivity contribution in [2.45, 2.75) is 23.2 Å². The molecule has 142 valence electrons. The number of hydrogen-bond acceptors (Lipinski definition) is 4. The minimum Gasteiger partial charge on any atom is -0.310 e. The third-order valence-electron chi connectivity index (χ3n) is 4.47. The van der Waals surface area contributed by atoms with Crippen molar-refractivity contribution < 1.29 is 13.6 Å². The molecule has 2 heterocycles. The van der Waals surface area contributed by atoms with E-state index in [2.05, 4.69) is 15.3 Å². The fourth-order valence-electron chi connectivity index (χ4n) is 3.18. The Morgan fingerprint density at radius 2 is 1.86 bits per heavy atom. The summed E-state index contributed by atoms with van der Waals surface area (Å²) in [6.45, 7) is 0. The van der Waals surface area contributed by atoms with Crippen molar-refractivity contribution in [3.05, 3.63) is 87.2 Å². The molecule has 0 saturated heterocycles. The zero-order valence-corrected chi connectivity index (χ0v) is 15.4. The molecule has 28 heavy (non-hydrogen) atoms. The van der Waals surface area contributed by atoms with Crippen LogP contribution in [0.15, 0.2) is 58.5 Å². The van der Waals surface area contributed by atoms with Crippen LogP contribution in [0.3, 0.4) is 0 Å². The highest BCUT2D eigenvalue weighted by Gasteiger charge is 2.30. The Hall–Kier alpha value is -3.00. The molecule has 8 heteroatoms.